The van der Waals surface area contributed by atoms with Crippen molar-refractivity contribution in [3.05, 3.63) is 34.9 Å². The van der Waals surface area contributed by atoms with Gasteiger partial charge in [0.25, 0.3) is 5.91 Å². The van der Waals surface area contributed by atoms with Crippen LogP contribution in [0, 0.1) is 0 Å². The van der Waals surface area contributed by atoms with Crippen molar-refractivity contribution in [2.75, 3.05) is 6.54 Å². The van der Waals surface area contributed by atoms with Gasteiger partial charge in [0.05, 0.1) is 17.7 Å². The highest BCUT2D eigenvalue weighted by molar-refractivity contribution is 5.96. The summed E-state index contributed by atoms with van der Waals surface area (Å²) in [7, 11) is 0. The van der Waals surface area contributed by atoms with Crippen molar-refractivity contribution in [1.29, 1.82) is 0 Å². The number of benzene rings is 1. The summed E-state index contributed by atoms with van der Waals surface area (Å²) in [5, 5.41) is 1.81. The van der Waals surface area contributed by atoms with Gasteiger partial charge in [-0.05, 0) is 18.2 Å². The molecule has 1 aromatic rings. The van der Waals surface area contributed by atoms with E-state index in [4.69, 9.17) is 5.73 Å². The lowest BCUT2D eigenvalue weighted by molar-refractivity contribution is -0.143. The molecule has 10 heteroatoms. The summed E-state index contributed by atoms with van der Waals surface area (Å²) in [6.45, 7) is -0.712. The smallest absolute Gasteiger partial charge is 0.368 e. The van der Waals surface area contributed by atoms with E-state index in [0.717, 1.165) is 0 Å². The SMILES string of the molecule is NC(=O)CNC(=O)c1cc(C(F)(F)F)cc(C(F)(F)F)c1. The molecule has 0 aromatic heterocycles. The van der Waals surface area contributed by atoms with E-state index in [9.17, 15) is 35.9 Å². The molecule has 0 aliphatic heterocycles. The van der Waals surface area contributed by atoms with Crippen molar-refractivity contribution in [2.24, 2.45) is 5.73 Å². The zero-order chi connectivity index (χ0) is 16.4. The second-order valence-corrected chi connectivity index (χ2v) is 3.94. The Morgan fingerprint density at radius 2 is 1.38 bits per heavy atom. The Morgan fingerprint density at radius 3 is 1.71 bits per heavy atom. The van der Waals surface area contributed by atoms with Crippen LogP contribution in [0.15, 0.2) is 18.2 Å². The quantitative estimate of drug-likeness (QED) is 0.837. The molecular weight excluding hydrogens is 306 g/mol. The number of rotatable bonds is 3. The minimum Gasteiger partial charge on any atom is -0.368 e. The molecule has 0 aliphatic carbocycles. The van der Waals surface area contributed by atoms with Gasteiger partial charge in [-0.25, -0.2) is 0 Å². The number of primary amides is 1. The molecule has 0 radical (unpaired) electrons. The van der Waals surface area contributed by atoms with Gasteiger partial charge in [-0.2, -0.15) is 26.3 Å². The van der Waals surface area contributed by atoms with E-state index in [1.54, 1.807) is 0 Å². The first kappa shape index (κ1) is 16.8. The summed E-state index contributed by atoms with van der Waals surface area (Å²) in [5.41, 5.74) is 0.580. The van der Waals surface area contributed by atoms with Crippen LogP contribution in [0.5, 0.6) is 0 Å². The number of halogens is 6. The topological polar surface area (TPSA) is 72.2 Å². The van der Waals surface area contributed by atoms with Crippen LogP contribution in [-0.2, 0) is 17.1 Å². The van der Waals surface area contributed by atoms with Gasteiger partial charge >= 0.3 is 12.4 Å². The fourth-order valence-corrected chi connectivity index (χ4v) is 1.36. The third-order valence-corrected chi connectivity index (χ3v) is 2.27. The predicted octanol–water partition coefficient (Wildman–Crippen LogP) is 1.94. The van der Waals surface area contributed by atoms with Gasteiger partial charge < -0.3 is 11.1 Å². The second kappa shape index (κ2) is 5.62. The summed E-state index contributed by atoms with van der Waals surface area (Å²) in [6, 6.07) is 0.405. The molecule has 0 aliphatic rings. The number of carbonyl (C=O) groups is 2. The molecule has 0 fully saturated rings. The summed E-state index contributed by atoms with van der Waals surface area (Å²) in [4.78, 5) is 21.9. The zero-order valence-corrected chi connectivity index (χ0v) is 10.1. The van der Waals surface area contributed by atoms with E-state index in [1.165, 1.54) is 0 Å². The van der Waals surface area contributed by atoms with Crippen LogP contribution in [0.3, 0.4) is 0 Å². The first-order valence-electron chi connectivity index (χ1n) is 5.27. The number of alkyl halides is 6. The lowest BCUT2D eigenvalue weighted by atomic mass is 10.0. The number of hydrogen-bond donors (Lipinski definition) is 2. The molecule has 1 aromatic carbocycles. The Morgan fingerprint density at radius 1 is 0.952 bits per heavy atom. The molecule has 0 saturated heterocycles. The summed E-state index contributed by atoms with van der Waals surface area (Å²) >= 11 is 0. The van der Waals surface area contributed by atoms with Gasteiger partial charge in [0.1, 0.15) is 0 Å². The highest BCUT2D eigenvalue weighted by Crippen LogP contribution is 2.36. The minimum absolute atomic E-state index is 0.106. The predicted molar refractivity (Wildman–Crippen MR) is 58.0 cm³/mol. The molecule has 0 unspecified atom stereocenters. The third kappa shape index (κ3) is 4.65. The van der Waals surface area contributed by atoms with Crippen LogP contribution in [0.2, 0.25) is 0 Å². The monoisotopic (exact) mass is 314 g/mol. The fraction of sp³-hybridized carbons (Fsp3) is 0.273. The van der Waals surface area contributed by atoms with Crippen molar-refractivity contribution in [3.8, 4) is 0 Å². The van der Waals surface area contributed by atoms with E-state index in [0.29, 0.717) is 0 Å². The maximum atomic E-state index is 12.5. The number of nitrogens with two attached hydrogens (primary N) is 1. The molecule has 0 spiro atoms. The lowest BCUT2D eigenvalue weighted by Gasteiger charge is -2.13. The third-order valence-electron chi connectivity index (χ3n) is 2.27. The zero-order valence-electron chi connectivity index (χ0n) is 10.1. The van der Waals surface area contributed by atoms with Gasteiger partial charge in [0, 0.05) is 5.56 Å². The van der Waals surface area contributed by atoms with Gasteiger partial charge in [-0.1, -0.05) is 0 Å². The first-order valence-corrected chi connectivity index (χ1v) is 5.27. The molecule has 21 heavy (non-hydrogen) atoms. The molecule has 116 valence electrons. The van der Waals surface area contributed by atoms with Gasteiger partial charge in [-0.15, -0.1) is 0 Å². The molecular formula is C11H8F6N2O2. The number of amides is 2. The maximum absolute atomic E-state index is 12.5. The van der Waals surface area contributed by atoms with Crippen LogP contribution >= 0.6 is 0 Å². The molecule has 4 nitrogen and oxygen atoms in total. The van der Waals surface area contributed by atoms with Crippen molar-refractivity contribution in [3.63, 3.8) is 0 Å². The second-order valence-electron chi connectivity index (χ2n) is 3.94. The van der Waals surface area contributed by atoms with E-state index < -0.39 is 47.4 Å². The largest absolute Gasteiger partial charge is 0.416 e. The van der Waals surface area contributed by atoms with Gasteiger partial charge in [0.15, 0.2) is 0 Å². The Bertz CT molecular complexity index is 533. The molecule has 0 bridgehead atoms. The average Bonchev–Trinajstić information content (AvgIpc) is 2.33. The molecule has 0 heterocycles. The number of nitrogens with one attached hydrogen (secondary N) is 1. The Kier molecular flexibility index (Phi) is 4.49. The maximum Gasteiger partial charge on any atom is 0.416 e. The highest BCUT2D eigenvalue weighted by Gasteiger charge is 2.37. The van der Waals surface area contributed by atoms with E-state index in [1.807, 2.05) is 5.32 Å². The van der Waals surface area contributed by atoms with Crippen LogP contribution in [-0.4, -0.2) is 18.4 Å². The van der Waals surface area contributed by atoms with Crippen molar-refractivity contribution in [2.45, 2.75) is 12.4 Å². The van der Waals surface area contributed by atoms with Crippen molar-refractivity contribution in [1.82, 2.24) is 5.32 Å². The first-order chi connectivity index (χ1) is 9.41. The van der Waals surface area contributed by atoms with Crippen LogP contribution in [0.1, 0.15) is 21.5 Å². The van der Waals surface area contributed by atoms with E-state index in [-0.39, 0.29) is 18.2 Å². The summed E-state index contributed by atoms with van der Waals surface area (Å²) in [6.07, 6.45) is -10.1. The Hall–Kier alpha value is -2.26. The standard InChI is InChI=1S/C11H8F6N2O2/c12-10(13,14)6-1-5(9(21)19-4-8(18)20)2-7(3-6)11(15,16)17/h1-3H,4H2,(H2,18,20)(H,19,21). The number of hydrogen-bond acceptors (Lipinski definition) is 2. The number of carbonyl (C=O) groups excluding carboxylic acids is 2. The minimum atomic E-state index is -5.06. The van der Waals surface area contributed by atoms with Crippen LogP contribution < -0.4 is 11.1 Å². The molecule has 0 saturated carbocycles. The fourth-order valence-electron chi connectivity index (χ4n) is 1.36. The van der Waals surface area contributed by atoms with E-state index >= 15 is 0 Å². The molecule has 3 N–H and O–H groups in total. The molecule has 1 rings (SSSR count). The molecule has 2 amide bonds. The normalized spacial score (nSPS) is 12.1. The van der Waals surface area contributed by atoms with Crippen LogP contribution in [0.4, 0.5) is 26.3 Å². The summed E-state index contributed by atoms with van der Waals surface area (Å²) < 4.78 is 75.2. The van der Waals surface area contributed by atoms with E-state index in [2.05, 4.69) is 0 Å². The van der Waals surface area contributed by atoms with Crippen LogP contribution in [0.25, 0.3) is 0 Å². The van der Waals surface area contributed by atoms with Gasteiger partial charge in [0.2, 0.25) is 5.91 Å². The Balaban J connectivity index is 3.26. The highest BCUT2D eigenvalue weighted by atomic mass is 19.4. The van der Waals surface area contributed by atoms with Crippen molar-refractivity contribution < 1.29 is 35.9 Å². The average molecular weight is 314 g/mol. The van der Waals surface area contributed by atoms with Gasteiger partial charge in [-0.3, -0.25) is 9.59 Å². The Labute approximate surface area is 113 Å². The van der Waals surface area contributed by atoms with Crippen molar-refractivity contribution >= 4 is 11.8 Å². The lowest BCUT2D eigenvalue weighted by Crippen LogP contribution is -2.33. The molecule has 0 atom stereocenters. The summed E-state index contributed by atoms with van der Waals surface area (Å²) in [5.74, 6) is -2.27.